The minimum atomic E-state index is -3.70. The molecule has 0 spiro atoms. The van der Waals surface area contributed by atoms with Crippen molar-refractivity contribution in [1.29, 1.82) is 0 Å². The fourth-order valence-electron chi connectivity index (χ4n) is 2.70. The van der Waals surface area contributed by atoms with Gasteiger partial charge in [-0.1, -0.05) is 23.9 Å². The largest absolute Gasteiger partial charge is 0.497 e. The zero-order valence-corrected chi connectivity index (χ0v) is 18.4. The number of nitrogens with one attached hydrogen (secondary N) is 1. The summed E-state index contributed by atoms with van der Waals surface area (Å²) in [6.07, 6.45) is 0.581. The van der Waals surface area contributed by atoms with Crippen molar-refractivity contribution in [3.63, 3.8) is 0 Å². The molecule has 1 aromatic heterocycles. The predicted octanol–water partition coefficient (Wildman–Crippen LogP) is 2.25. The molecule has 0 saturated heterocycles. The van der Waals surface area contributed by atoms with Gasteiger partial charge in [-0.2, -0.15) is 0 Å². The summed E-state index contributed by atoms with van der Waals surface area (Å²) in [5, 5.41) is 16.9. The quantitative estimate of drug-likeness (QED) is 0.471. The van der Waals surface area contributed by atoms with E-state index in [-0.39, 0.29) is 16.6 Å². The Morgan fingerprint density at radius 3 is 2.32 bits per heavy atom. The van der Waals surface area contributed by atoms with Gasteiger partial charge in [0.15, 0.2) is 0 Å². The van der Waals surface area contributed by atoms with E-state index in [2.05, 4.69) is 15.5 Å². The second-order valence-electron chi connectivity index (χ2n) is 6.56. The number of carbonyl (C=O) groups is 1. The van der Waals surface area contributed by atoms with E-state index in [0.717, 1.165) is 22.6 Å². The molecule has 0 unspecified atom stereocenters. The molecule has 0 bridgehead atoms. The number of aromatic nitrogens is 2. The third-order valence-corrected chi connectivity index (χ3v) is 6.21. The van der Waals surface area contributed by atoms with E-state index < -0.39 is 10.0 Å². The van der Waals surface area contributed by atoms with Crippen LogP contribution in [0.25, 0.3) is 11.3 Å². The lowest BCUT2D eigenvalue weighted by atomic mass is 10.1. The summed E-state index contributed by atoms with van der Waals surface area (Å²) in [7, 11) is -2.08. The minimum absolute atomic E-state index is 0.0656. The average Bonchev–Trinajstić information content (AvgIpc) is 2.78. The molecule has 0 aliphatic heterocycles. The summed E-state index contributed by atoms with van der Waals surface area (Å²) in [4.78, 5) is 12.1. The van der Waals surface area contributed by atoms with Gasteiger partial charge in [0.1, 0.15) is 10.8 Å². The number of hydrogen-bond donors (Lipinski definition) is 2. The molecule has 8 nitrogen and oxygen atoms in total. The van der Waals surface area contributed by atoms with Gasteiger partial charge in [0, 0.05) is 12.1 Å². The normalized spacial score (nSPS) is 11.2. The van der Waals surface area contributed by atoms with Crippen molar-refractivity contribution in [1.82, 2.24) is 15.5 Å². The van der Waals surface area contributed by atoms with Gasteiger partial charge in [0.2, 0.25) is 15.9 Å². The van der Waals surface area contributed by atoms with Gasteiger partial charge < -0.3 is 10.1 Å². The molecule has 0 aliphatic carbocycles. The van der Waals surface area contributed by atoms with Crippen LogP contribution < -0.4 is 15.2 Å². The van der Waals surface area contributed by atoms with Crippen LogP contribution >= 0.6 is 11.8 Å². The number of hydrogen-bond acceptors (Lipinski definition) is 7. The molecule has 2 aromatic carbocycles. The van der Waals surface area contributed by atoms with E-state index >= 15 is 0 Å². The Hall–Kier alpha value is -2.95. The molecule has 1 amide bonds. The molecule has 0 saturated carbocycles. The van der Waals surface area contributed by atoms with Gasteiger partial charge in [-0.25, -0.2) is 13.6 Å². The third-order valence-electron chi connectivity index (χ3n) is 4.36. The molecule has 3 aromatic rings. The highest BCUT2D eigenvalue weighted by Gasteiger charge is 2.08. The number of thioether (sulfide) groups is 1. The average molecular weight is 459 g/mol. The van der Waals surface area contributed by atoms with Gasteiger partial charge in [-0.15, -0.1) is 10.2 Å². The lowest BCUT2D eigenvalue weighted by Gasteiger charge is -2.06. The second kappa shape index (κ2) is 10.4. The topological polar surface area (TPSA) is 124 Å². The second-order valence-corrected chi connectivity index (χ2v) is 9.12. The highest BCUT2D eigenvalue weighted by atomic mass is 32.2. The lowest BCUT2D eigenvalue weighted by molar-refractivity contribution is -0.118. The van der Waals surface area contributed by atoms with Crippen LogP contribution in [0.3, 0.4) is 0 Å². The van der Waals surface area contributed by atoms with Crippen LogP contribution in [0.1, 0.15) is 5.56 Å². The smallest absolute Gasteiger partial charge is 0.238 e. The van der Waals surface area contributed by atoms with Crippen molar-refractivity contribution in [3.8, 4) is 17.0 Å². The van der Waals surface area contributed by atoms with E-state index in [1.54, 1.807) is 19.2 Å². The number of amides is 1. The van der Waals surface area contributed by atoms with Gasteiger partial charge in [-0.05, 0) is 60.5 Å². The highest BCUT2D eigenvalue weighted by molar-refractivity contribution is 7.99. The lowest BCUT2D eigenvalue weighted by Crippen LogP contribution is -2.27. The zero-order valence-electron chi connectivity index (χ0n) is 16.8. The summed E-state index contributed by atoms with van der Waals surface area (Å²) < 4.78 is 27.7. The fourth-order valence-corrected chi connectivity index (χ4v) is 3.85. The number of nitrogens with two attached hydrogens (primary N) is 1. The maximum Gasteiger partial charge on any atom is 0.238 e. The van der Waals surface area contributed by atoms with Gasteiger partial charge in [0.05, 0.1) is 23.5 Å². The Balaban J connectivity index is 1.43. The molecule has 1 heterocycles. The first-order chi connectivity index (χ1) is 14.8. The van der Waals surface area contributed by atoms with Crippen molar-refractivity contribution in [2.45, 2.75) is 16.3 Å². The first kappa shape index (κ1) is 22.7. The van der Waals surface area contributed by atoms with Crippen LogP contribution in [-0.4, -0.2) is 43.9 Å². The van der Waals surface area contributed by atoms with Gasteiger partial charge in [-0.3, -0.25) is 4.79 Å². The van der Waals surface area contributed by atoms with Crippen molar-refractivity contribution < 1.29 is 17.9 Å². The fraction of sp³-hybridized carbons (Fsp3) is 0.190. The predicted molar refractivity (Wildman–Crippen MR) is 119 cm³/mol. The SMILES string of the molecule is COc1ccc(-c2ccc(SCC(=O)NCCc3ccc(S(N)(=O)=O)cc3)nn2)cc1. The molecule has 0 fully saturated rings. The number of ether oxygens (including phenoxy) is 1. The molecule has 0 radical (unpaired) electrons. The Kier molecular flexibility index (Phi) is 7.61. The van der Waals surface area contributed by atoms with E-state index in [0.29, 0.717) is 18.0 Å². The van der Waals surface area contributed by atoms with Crippen molar-refractivity contribution in [3.05, 3.63) is 66.2 Å². The third kappa shape index (κ3) is 6.78. The number of primary sulfonamides is 1. The van der Waals surface area contributed by atoms with Crippen molar-refractivity contribution in [2.75, 3.05) is 19.4 Å². The van der Waals surface area contributed by atoms with Crippen LogP contribution in [0.5, 0.6) is 5.75 Å². The summed E-state index contributed by atoms with van der Waals surface area (Å²) in [5.41, 5.74) is 2.57. The van der Waals surface area contributed by atoms with Crippen LogP contribution in [0.2, 0.25) is 0 Å². The standard InChI is InChI=1S/C21H22N4O4S2/c1-29-17-6-4-16(5-7-17)19-10-11-21(25-24-19)30-14-20(26)23-13-12-15-2-8-18(9-3-15)31(22,27)28/h2-11H,12-14H2,1H3,(H,23,26)(H2,22,27,28). The molecule has 3 N–H and O–H groups in total. The summed E-state index contributed by atoms with van der Waals surface area (Å²) in [6.45, 7) is 0.441. The summed E-state index contributed by atoms with van der Waals surface area (Å²) in [5.74, 6) is 0.878. The molecular formula is C21H22N4O4S2. The minimum Gasteiger partial charge on any atom is -0.497 e. The zero-order chi connectivity index (χ0) is 22.3. The Bertz CT molecular complexity index is 1120. The van der Waals surface area contributed by atoms with Crippen LogP contribution in [0, 0.1) is 0 Å². The number of carbonyl (C=O) groups excluding carboxylic acids is 1. The monoisotopic (exact) mass is 458 g/mol. The number of benzene rings is 2. The molecule has 3 rings (SSSR count). The van der Waals surface area contributed by atoms with Crippen LogP contribution in [0.4, 0.5) is 0 Å². The Morgan fingerprint density at radius 1 is 1.03 bits per heavy atom. The van der Waals surface area contributed by atoms with Gasteiger partial charge >= 0.3 is 0 Å². The first-order valence-corrected chi connectivity index (χ1v) is 11.9. The van der Waals surface area contributed by atoms with Crippen molar-refractivity contribution in [2.24, 2.45) is 5.14 Å². The molecule has 162 valence electrons. The molecular weight excluding hydrogens is 436 g/mol. The Labute approximate surface area is 185 Å². The van der Waals surface area contributed by atoms with Gasteiger partial charge in [0.25, 0.3) is 0 Å². The van der Waals surface area contributed by atoms with E-state index in [1.807, 2.05) is 36.4 Å². The highest BCUT2D eigenvalue weighted by Crippen LogP contribution is 2.22. The summed E-state index contributed by atoms with van der Waals surface area (Å²) >= 11 is 1.30. The number of rotatable bonds is 9. The maximum absolute atomic E-state index is 12.1. The molecule has 0 aliphatic rings. The molecule has 0 atom stereocenters. The number of sulfonamides is 1. The number of methoxy groups -OCH3 is 1. The van der Waals surface area contributed by atoms with E-state index in [1.165, 1.54) is 23.9 Å². The van der Waals surface area contributed by atoms with Crippen LogP contribution in [-0.2, 0) is 21.2 Å². The van der Waals surface area contributed by atoms with E-state index in [4.69, 9.17) is 9.88 Å². The number of nitrogens with zero attached hydrogens (tertiary/aromatic N) is 2. The Morgan fingerprint density at radius 2 is 1.74 bits per heavy atom. The maximum atomic E-state index is 12.1. The summed E-state index contributed by atoms with van der Waals surface area (Å²) in [6, 6.07) is 17.5. The van der Waals surface area contributed by atoms with Crippen molar-refractivity contribution >= 4 is 27.7 Å². The van der Waals surface area contributed by atoms with E-state index in [9.17, 15) is 13.2 Å². The molecule has 10 heteroatoms. The molecule has 31 heavy (non-hydrogen) atoms. The first-order valence-electron chi connectivity index (χ1n) is 9.34. The van der Waals surface area contributed by atoms with Crippen LogP contribution in [0.15, 0.2) is 70.6 Å².